The highest BCUT2D eigenvalue weighted by Gasteiger charge is 2.40. The van der Waals surface area contributed by atoms with Crippen LogP contribution in [-0.4, -0.2) is 46.9 Å². The topological polar surface area (TPSA) is 65.6 Å². The van der Waals surface area contributed by atoms with Crippen LogP contribution in [0, 0.1) is 0 Å². The molecule has 1 fully saturated rings. The standard InChI is InChI=1S/C16H19F3N4O2/c1-22(2)15-20-14(25-21-15)9-23-8-10(24)7-13(23)11-5-3-4-6-12(11)16(17,18)19/h3-6,10,13,24H,7-9H2,1-2H3/t10-,13+/m1/s1. The maximum Gasteiger partial charge on any atom is 0.416 e. The van der Waals surface area contributed by atoms with Gasteiger partial charge in [0.05, 0.1) is 18.2 Å². The summed E-state index contributed by atoms with van der Waals surface area (Å²) < 4.78 is 45.1. The predicted octanol–water partition coefficient (Wildman–Crippen LogP) is 2.46. The number of alkyl halides is 3. The van der Waals surface area contributed by atoms with Gasteiger partial charge in [0.25, 0.3) is 5.95 Å². The highest BCUT2D eigenvalue weighted by molar-refractivity contribution is 5.33. The quantitative estimate of drug-likeness (QED) is 0.908. The molecule has 0 bridgehead atoms. The Hall–Kier alpha value is -2.13. The second-order valence-corrected chi connectivity index (χ2v) is 6.30. The highest BCUT2D eigenvalue weighted by atomic mass is 19.4. The summed E-state index contributed by atoms with van der Waals surface area (Å²) in [6.45, 7) is 0.422. The molecule has 3 rings (SSSR count). The minimum Gasteiger partial charge on any atom is -0.392 e. The molecule has 2 atom stereocenters. The first kappa shape index (κ1) is 17.7. The van der Waals surface area contributed by atoms with Crippen LogP contribution in [0.5, 0.6) is 0 Å². The molecule has 0 radical (unpaired) electrons. The van der Waals surface area contributed by atoms with Gasteiger partial charge in [-0.25, -0.2) is 0 Å². The number of benzene rings is 1. The van der Waals surface area contributed by atoms with E-state index in [0.29, 0.717) is 11.8 Å². The monoisotopic (exact) mass is 356 g/mol. The van der Waals surface area contributed by atoms with Crippen molar-refractivity contribution in [1.82, 2.24) is 15.0 Å². The zero-order valence-corrected chi connectivity index (χ0v) is 13.9. The number of rotatable bonds is 4. The number of hydrogen-bond acceptors (Lipinski definition) is 6. The van der Waals surface area contributed by atoms with Crippen LogP contribution in [-0.2, 0) is 12.7 Å². The van der Waals surface area contributed by atoms with E-state index in [2.05, 4.69) is 10.1 Å². The highest BCUT2D eigenvalue weighted by Crippen LogP contribution is 2.40. The van der Waals surface area contributed by atoms with Crippen molar-refractivity contribution in [3.8, 4) is 0 Å². The second kappa shape index (κ2) is 6.64. The van der Waals surface area contributed by atoms with Crippen molar-refractivity contribution in [3.05, 3.63) is 41.3 Å². The van der Waals surface area contributed by atoms with Gasteiger partial charge in [-0.05, 0) is 23.2 Å². The summed E-state index contributed by atoms with van der Waals surface area (Å²) in [5.41, 5.74) is -0.530. The fourth-order valence-electron chi connectivity index (χ4n) is 3.09. The van der Waals surface area contributed by atoms with Crippen LogP contribution < -0.4 is 4.90 Å². The second-order valence-electron chi connectivity index (χ2n) is 6.30. The molecule has 9 heteroatoms. The lowest BCUT2D eigenvalue weighted by molar-refractivity contribution is -0.138. The van der Waals surface area contributed by atoms with E-state index in [1.807, 2.05) is 0 Å². The molecular formula is C16H19F3N4O2. The number of nitrogens with zero attached hydrogens (tertiary/aromatic N) is 4. The first-order chi connectivity index (χ1) is 11.8. The molecule has 1 aliphatic heterocycles. The van der Waals surface area contributed by atoms with Gasteiger partial charge in [0.1, 0.15) is 0 Å². The van der Waals surface area contributed by atoms with Crippen LogP contribution in [0.2, 0.25) is 0 Å². The summed E-state index contributed by atoms with van der Waals surface area (Å²) >= 11 is 0. The van der Waals surface area contributed by atoms with E-state index in [9.17, 15) is 18.3 Å². The number of likely N-dealkylation sites (tertiary alicyclic amines) is 1. The van der Waals surface area contributed by atoms with Crippen molar-refractivity contribution in [3.63, 3.8) is 0 Å². The van der Waals surface area contributed by atoms with E-state index in [4.69, 9.17) is 4.52 Å². The number of β-amino-alcohol motifs (C(OH)–C–C–N with tert-alkyl or cyclic N) is 1. The molecule has 1 aromatic carbocycles. The van der Waals surface area contributed by atoms with Crippen LogP contribution in [0.3, 0.4) is 0 Å². The van der Waals surface area contributed by atoms with E-state index < -0.39 is 23.9 Å². The SMILES string of the molecule is CN(C)c1noc(CN2C[C@H](O)C[C@H]2c2ccccc2C(F)(F)F)n1. The third-order valence-corrected chi connectivity index (χ3v) is 4.20. The Kier molecular flexibility index (Phi) is 4.70. The molecule has 0 aliphatic carbocycles. The van der Waals surface area contributed by atoms with Crippen molar-refractivity contribution in [2.24, 2.45) is 0 Å². The van der Waals surface area contributed by atoms with Gasteiger partial charge in [-0.15, -0.1) is 0 Å². The van der Waals surface area contributed by atoms with Crippen LogP contribution >= 0.6 is 0 Å². The summed E-state index contributed by atoms with van der Waals surface area (Å²) in [6.07, 6.45) is -4.93. The maximum atomic E-state index is 13.3. The molecule has 25 heavy (non-hydrogen) atoms. The summed E-state index contributed by atoms with van der Waals surface area (Å²) in [6, 6.07) is 4.89. The van der Waals surface area contributed by atoms with Crippen molar-refractivity contribution in [1.29, 1.82) is 0 Å². The molecule has 1 saturated heterocycles. The lowest BCUT2D eigenvalue weighted by Gasteiger charge is -2.25. The molecule has 1 N–H and O–H groups in total. The van der Waals surface area contributed by atoms with Crippen molar-refractivity contribution >= 4 is 5.95 Å². The Labute approximate surface area is 142 Å². The summed E-state index contributed by atoms with van der Waals surface area (Å²) in [5, 5.41) is 13.8. The molecule has 6 nitrogen and oxygen atoms in total. The summed E-state index contributed by atoms with van der Waals surface area (Å²) in [4.78, 5) is 7.61. The normalized spacial score (nSPS) is 21.7. The summed E-state index contributed by atoms with van der Waals surface area (Å²) in [7, 11) is 3.52. The largest absolute Gasteiger partial charge is 0.416 e. The Morgan fingerprint density at radius 1 is 1.32 bits per heavy atom. The van der Waals surface area contributed by atoms with Gasteiger partial charge in [0.15, 0.2) is 0 Å². The van der Waals surface area contributed by atoms with Gasteiger partial charge in [0, 0.05) is 26.7 Å². The molecule has 2 aromatic rings. The number of halogens is 3. The first-order valence-corrected chi connectivity index (χ1v) is 7.84. The fourth-order valence-corrected chi connectivity index (χ4v) is 3.09. The molecule has 0 amide bonds. The van der Waals surface area contributed by atoms with E-state index >= 15 is 0 Å². The zero-order valence-electron chi connectivity index (χ0n) is 13.9. The van der Waals surface area contributed by atoms with Gasteiger partial charge in [-0.2, -0.15) is 18.2 Å². The third kappa shape index (κ3) is 3.77. The number of aliphatic hydroxyl groups is 1. The Morgan fingerprint density at radius 3 is 2.68 bits per heavy atom. The van der Waals surface area contributed by atoms with E-state index in [0.717, 1.165) is 6.07 Å². The number of anilines is 1. The molecule has 0 saturated carbocycles. The number of aliphatic hydroxyl groups excluding tert-OH is 1. The van der Waals surface area contributed by atoms with Crippen molar-refractivity contribution in [2.75, 3.05) is 25.5 Å². The maximum absolute atomic E-state index is 13.3. The van der Waals surface area contributed by atoms with Gasteiger partial charge in [-0.3, -0.25) is 4.90 Å². The lowest BCUT2D eigenvalue weighted by Crippen LogP contribution is -2.26. The molecule has 2 heterocycles. The minimum atomic E-state index is -4.45. The Bertz CT molecular complexity index is 732. The predicted molar refractivity (Wildman–Crippen MR) is 83.8 cm³/mol. The summed E-state index contributed by atoms with van der Waals surface area (Å²) in [5.74, 6) is 0.689. The third-order valence-electron chi connectivity index (χ3n) is 4.20. The van der Waals surface area contributed by atoms with E-state index in [1.54, 1.807) is 30.0 Å². The Morgan fingerprint density at radius 2 is 2.04 bits per heavy atom. The molecule has 136 valence electrons. The van der Waals surface area contributed by atoms with E-state index in [-0.39, 0.29) is 25.1 Å². The molecule has 1 aliphatic rings. The molecule has 0 unspecified atom stereocenters. The lowest BCUT2D eigenvalue weighted by atomic mass is 9.97. The number of hydrogen-bond donors (Lipinski definition) is 1. The van der Waals surface area contributed by atoms with Crippen LogP contribution in [0.25, 0.3) is 0 Å². The first-order valence-electron chi connectivity index (χ1n) is 7.84. The molecular weight excluding hydrogens is 337 g/mol. The Balaban J connectivity index is 1.87. The minimum absolute atomic E-state index is 0.152. The van der Waals surface area contributed by atoms with Crippen molar-refractivity contribution < 1.29 is 22.8 Å². The van der Waals surface area contributed by atoms with E-state index in [1.165, 1.54) is 12.1 Å². The zero-order chi connectivity index (χ0) is 18.2. The van der Waals surface area contributed by atoms with Crippen LogP contribution in [0.15, 0.2) is 28.8 Å². The van der Waals surface area contributed by atoms with Gasteiger partial charge < -0.3 is 14.5 Å². The average Bonchev–Trinajstić information content (AvgIpc) is 3.14. The van der Waals surface area contributed by atoms with Gasteiger partial charge in [-0.1, -0.05) is 18.2 Å². The van der Waals surface area contributed by atoms with Crippen LogP contribution in [0.1, 0.15) is 29.5 Å². The molecule has 0 spiro atoms. The van der Waals surface area contributed by atoms with Gasteiger partial charge in [0.2, 0.25) is 5.89 Å². The van der Waals surface area contributed by atoms with Crippen LogP contribution in [0.4, 0.5) is 19.1 Å². The van der Waals surface area contributed by atoms with Crippen molar-refractivity contribution in [2.45, 2.75) is 31.3 Å². The fraction of sp³-hybridized carbons (Fsp3) is 0.500. The molecule has 1 aromatic heterocycles. The number of aromatic nitrogens is 2. The smallest absolute Gasteiger partial charge is 0.392 e. The average molecular weight is 356 g/mol. The van der Waals surface area contributed by atoms with Gasteiger partial charge >= 0.3 is 6.18 Å².